The Morgan fingerprint density at radius 2 is 2.08 bits per heavy atom. The zero-order valence-corrected chi connectivity index (χ0v) is 8.95. The average molecular weight is 187 g/mol. The van der Waals surface area contributed by atoms with Crippen molar-refractivity contribution in [3.05, 3.63) is 0 Å². The van der Waals surface area contributed by atoms with Crippen LogP contribution >= 0.6 is 0 Å². The largest absolute Gasteiger partial charge is 0.355 e. The van der Waals surface area contributed by atoms with Crippen LogP contribution in [0, 0.1) is 0 Å². The number of hydrogen-bond acceptors (Lipinski definition) is 3. The zero-order chi connectivity index (χ0) is 9.68. The number of nitrogens with zero attached hydrogens (tertiary/aromatic N) is 1. The normalized spacial score (nSPS) is 24.5. The third kappa shape index (κ3) is 2.93. The Balaban J connectivity index is 2.33. The lowest BCUT2D eigenvalue weighted by atomic mass is 10.2. The summed E-state index contributed by atoms with van der Waals surface area (Å²) in [6.45, 7) is 4.35. The molecule has 1 rings (SSSR count). The third-order valence-electron chi connectivity index (χ3n) is 2.88. The van der Waals surface area contributed by atoms with Crippen LogP contribution in [-0.4, -0.2) is 44.5 Å². The van der Waals surface area contributed by atoms with Crippen molar-refractivity contribution in [2.75, 3.05) is 27.3 Å². The van der Waals surface area contributed by atoms with Gasteiger partial charge in [-0.2, -0.15) is 0 Å². The van der Waals surface area contributed by atoms with Gasteiger partial charge in [-0.1, -0.05) is 6.92 Å². The van der Waals surface area contributed by atoms with Crippen LogP contribution in [0.2, 0.25) is 0 Å². The lowest BCUT2D eigenvalue weighted by Gasteiger charge is -2.26. The first kappa shape index (κ1) is 11.0. The van der Waals surface area contributed by atoms with Crippen molar-refractivity contribution in [1.29, 1.82) is 0 Å². The highest BCUT2D eigenvalue weighted by Crippen LogP contribution is 2.20. The van der Waals surface area contributed by atoms with Crippen molar-refractivity contribution in [2.24, 2.45) is 0 Å². The van der Waals surface area contributed by atoms with E-state index in [2.05, 4.69) is 11.8 Å². The predicted octanol–water partition coefficient (Wildman–Crippen LogP) is 1.48. The number of rotatable bonds is 5. The number of hydrogen-bond donors (Lipinski definition) is 0. The van der Waals surface area contributed by atoms with Gasteiger partial charge in [-0.25, -0.2) is 0 Å². The molecule has 78 valence electrons. The van der Waals surface area contributed by atoms with Gasteiger partial charge in [0.25, 0.3) is 0 Å². The summed E-state index contributed by atoms with van der Waals surface area (Å²) in [5.41, 5.74) is 0. The van der Waals surface area contributed by atoms with Gasteiger partial charge in [0, 0.05) is 26.8 Å². The van der Waals surface area contributed by atoms with Gasteiger partial charge in [0.05, 0.1) is 0 Å². The van der Waals surface area contributed by atoms with Crippen molar-refractivity contribution in [2.45, 2.75) is 38.5 Å². The van der Waals surface area contributed by atoms with Gasteiger partial charge in [0.2, 0.25) is 0 Å². The minimum Gasteiger partial charge on any atom is -0.355 e. The average Bonchev–Trinajstić information content (AvgIpc) is 2.61. The Hall–Kier alpha value is -0.120. The standard InChI is InChI=1S/C10H21NO2/c1-4-9-6-5-7-11(9)8-10(12-2)13-3/h9-10H,4-8H2,1-3H3. The third-order valence-corrected chi connectivity index (χ3v) is 2.88. The van der Waals surface area contributed by atoms with Gasteiger partial charge in [0.1, 0.15) is 0 Å². The topological polar surface area (TPSA) is 21.7 Å². The van der Waals surface area contributed by atoms with Gasteiger partial charge in [-0.15, -0.1) is 0 Å². The zero-order valence-electron chi connectivity index (χ0n) is 8.95. The summed E-state index contributed by atoms with van der Waals surface area (Å²) in [6.07, 6.45) is 3.82. The molecule has 1 aliphatic heterocycles. The second-order valence-electron chi connectivity index (χ2n) is 3.60. The number of methoxy groups -OCH3 is 2. The first-order chi connectivity index (χ1) is 6.31. The Kier molecular flexibility index (Phi) is 4.70. The Labute approximate surface area is 81.0 Å². The van der Waals surface area contributed by atoms with Gasteiger partial charge < -0.3 is 9.47 Å². The molecule has 13 heavy (non-hydrogen) atoms. The van der Waals surface area contributed by atoms with Crippen molar-refractivity contribution < 1.29 is 9.47 Å². The molecular formula is C10H21NO2. The fourth-order valence-corrected chi connectivity index (χ4v) is 2.03. The van der Waals surface area contributed by atoms with Gasteiger partial charge in [0.15, 0.2) is 6.29 Å². The summed E-state index contributed by atoms with van der Waals surface area (Å²) in [5, 5.41) is 0. The van der Waals surface area contributed by atoms with Crippen LogP contribution in [0.25, 0.3) is 0 Å². The fourth-order valence-electron chi connectivity index (χ4n) is 2.03. The van der Waals surface area contributed by atoms with E-state index in [4.69, 9.17) is 9.47 Å². The van der Waals surface area contributed by atoms with Crippen molar-refractivity contribution in [3.63, 3.8) is 0 Å². The molecule has 1 unspecified atom stereocenters. The SMILES string of the molecule is CCC1CCCN1CC(OC)OC. The molecular weight excluding hydrogens is 166 g/mol. The summed E-state index contributed by atoms with van der Waals surface area (Å²) in [6, 6.07) is 0.743. The highest BCUT2D eigenvalue weighted by atomic mass is 16.7. The first-order valence-electron chi connectivity index (χ1n) is 5.11. The van der Waals surface area contributed by atoms with E-state index in [0.29, 0.717) is 0 Å². The molecule has 0 aromatic carbocycles. The quantitative estimate of drug-likeness (QED) is 0.608. The minimum absolute atomic E-state index is 0.0628. The van der Waals surface area contributed by atoms with Gasteiger partial charge >= 0.3 is 0 Å². The highest BCUT2D eigenvalue weighted by molar-refractivity contribution is 4.78. The van der Waals surface area contributed by atoms with Gasteiger partial charge in [-0.05, 0) is 25.8 Å². The molecule has 3 heteroatoms. The molecule has 0 radical (unpaired) electrons. The van der Waals surface area contributed by atoms with E-state index in [1.165, 1.54) is 25.8 Å². The van der Waals surface area contributed by atoms with E-state index >= 15 is 0 Å². The van der Waals surface area contributed by atoms with E-state index < -0.39 is 0 Å². The molecule has 1 fully saturated rings. The molecule has 0 spiro atoms. The van der Waals surface area contributed by atoms with Crippen LogP contribution in [0.1, 0.15) is 26.2 Å². The van der Waals surface area contributed by atoms with Crippen molar-refractivity contribution in [1.82, 2.24) is 4.90 Å². The number of ether oxygens (including phenoxy) is 2. The van der Waals surface area contributed by atoms with Crippen molar-refractivity contribution >= 4 is 0 Å². The monoisotopic (exact) mass is 187 g/mol. The first-order valence-corrected chi connectivity index (χ1v) is 5.11. The maximum atomic E-state index is 5.19. The van der Waals surface area contributed by atoms with Crippen LogP contribution in [0.15, 0.2) is 0 Å². The molecule has 0 aliphatic carbocycles. The van der Waals surface area contributed by atoms with Crippen LogP contribution in [0.5, 0.6) is 0 Å². The molecule has 1 aliphatic rings. The second-order valence-corrected chi connectivity index (χ2v) is 3.60. The molecule has 1 atom stereocenters. The van der Waals surface area contributed by atoms with Crippen LogP contribution in [0.4, 0.5) is 0 Å². The Morgan fingerprint density at radius 3 is 2.62 bits per heavy atom. The molecule has 0 saturated carbocycles. The lowest BCUT2D eigenvalue weighted by molar-refractivity contribution is -0.117. The molecule has 0 amide bonds. The fraction of sp³-hybridized carbons (Fsp3) is 1.00. The highest BCUT2D eigenvalue weighted by Gasteiger charge is 2.24. The maximum absolute atomic E-state index is 5.19. The van der Waals surface area contributed by atoms with E-state index in [1.807, 2.05) is 0 Å². The maximum Gasteiger partial charge on any atom is 0.169 e. The molecule has 0 N–H and O–H groups in total. The molecule has 3 nitrogen and oxygen atoms in total. The smallest absolute Gasteiger partial charge is 0.169 e. The molecule has 0 aromatic rings. The molecule has 0 aromatic heterocycles. The van der Waals surface area contributed by atoms with Gasteiger partial charge in [-0.3, -0.25) is 4.90 Å². The summed E-state index contributed by atoms with van der Waals surface area (Å²) in [4.78, 5) is 2.47. The summed E-state index contributed by atoms with van der Waals surface area (Å²) in [7, 11) is 3.40. The Bertz CT molecular complexity index is 137. The van der Waals surface area contributed by atoms with Crippen LogP contribution in [-0.2, 0) is 9.47 Å². The Morgan fingerprint density at radius 1 is 1.38 bits per heavy atom. The van der Waals surface area contributed by atoms with Crippen molar-refractivity contribution in [3.8, 4) is 0 Å². The van der Waals surface area contributed by atoms with E-state index in [-0.39, 0.29) is 6.29 Å². The number of likely N-dealkylation sites (tertiary alicyclic amines) is 1. The molecule has 0 bridgehead atoms. The van der Waals surface area contributed by atoms with E-state index in [9.17, 15) is 0 Å². The second kappa shape index (κ2) is 5.58. The van der Waals surface area contributed by atoms with Crippen LogP contribution < -0.4 is 0 Å². The molecule has 1 saturated heterocycles. The van der Waals surface area contributed by atoms with Crippen LogP contribution in [0.3, 0.4) is 0 Å². The van der Waals surface area contributed by atoms with E-state index in [1.54, 1.807) is 14.2 Å². The summed E-state index contributed by atoms with van der Waals surface area (Å²) < 4.78 is 10.4. The summed E-state index contributed by atoms with van der Waals surface area (Å²) >= 11 is 0. The summed E-state index contributed by atoms with van der Waals surface area (Å²) in [5.74, 6) is 0. The lowest BCUT2D eigenvalue weighted by Crippen LogP contribution is -2.37. The molecule has 1 heterocycles. The van der Waals surface area contributed by atoms with E-state index in [0.717, 1.165) is 12.6 Å². The minimum atomic E-state index is -0.0628. The predicted molar refractivity (Wildman–Crippen MR) is 52.7 cm³/mol.